The van der Waals surface area contributed by atoms with Crippen molar-refractivity contribution in [2.24, 2.45) is 0 Å². The van der Waals surface area contributed by atoms with Crippen LogP contribution in [0.3, 0.4) is 0 Å². The molecule has 0 aromatic heterocycles. The first-order valence-corrected chi connectivity index (χ1v) is 6.28. The van der Waals surface area contributed by atoms with E-state index in [1.165, 1.54) is 11.1 Å². The van der Waals surface area contributed by atoms with E-state index in [1.807, 2.05) is 6.07 Å². The highest BCUT2D eigenvalue weighted by Gasteiger charge is 2.20. The molecule has 1 aliphatic rings. The first-order valence-electron chi connectivity index (χ1n) is 5.91. The molecule has 0 bridgehead atoms. The third kappa shape index (κ3) is 2.57. The van der Waals surface area contributed by atoms with E-state index >= 15 is 0 Å². The predicted molar refractivity (Wildman–Crippen MR) is 68.8 cm³/mol. The summed E-state index contributed by atoms with van der Waals surface area (Å²) in [5.74, 6) is 0. The van der Waals surface area contributed by atoms with E-state index in [1.54, 1.807) is 0 Å². The molecule has 88 valence electrons. The van der Waals surface area contributed by atoms with Crippen LogP contribution in [0.15, 0.2) is 18.2 Å². The topological polar surface area (TPSA) is 15.3 Å². The molecule has 0 unspecified atom stereocenters. The van der Waals surface area contributed by atoms with Crippen molar-refractivity contribution in [3.8, 4) is 0 Å². The van der Waals surface area contributed by atoms with E-state index in [4.69, 9.17) is 11.6 Å². The average Bonchev–Trinajstić information content (AvgIpc) is 2.40. The van der Waals surface area contributed by atoms with Gasteiger partial charge in [-0.3, -0.25) is 0 Å². The molecule has 1 aromatic rings. The summed E-state index contributed by atoms with van der Waals surface area (Å²) in [5, 5.41) is 4.38. The average molecular weight is 239 g/mol. The third-order valence-corrected chi connectivity index (χ3v) is 3.41. The zero-order valence-corrected chi connectivity index (χ0v) is 10.7. The molecule has 0 aliphatic carbocycles. The van der Waals surface area contributed by atoms with Gasteiger partial charge in [-0.2, -0.15) is 0 Å². The van der Waals surface area contributed by atoms with Crippen LogP contribution < -0.4 is 5.32 Å². The van der Waals surface area contributed by atoms with Gasteiger partial charge in [-0.15, -0.1) is 0 Å². The number of fused-ring (bicyclic) bond motifs is 1. The molecule has 3 heteroatoms. The van der Waals surface area contributed by atoms with Crippen LogP contribution in [-0.4, -0.2) is 25.0 Å². The zero-order chi connectivity index (χ0) is 11.5. The molecule has 2 rings (SSSR count). The third-order valence-electron chi connectivity index (χ3n) is 3.17. The summed E-state index contributed by atoms with van der Waals surface area (Å²) in [4.78, 5) is 2.37. The van der Waals surface area contributed by atoms with Crippen LogP contribution in [0.4, 0.5) is 0 Å². The van der Waals surface area contributed by atoms with Crippen LogP contribution >= 0.6 is 11.6 Å². The minimum Gasteiger partial charge on any atom is -0.310 e. The van der Waals surface area contributed by atoms with Crippen molar-refractivity contribution in [2.45, 2.75) is 25.9 Å². The van der Waals surface area contributed by atoms with Crippen molar-refractivity contribution in [3.63, 3.8) is 0 Å². The zero-order valence-electron chi connectivity index (χ0n) is 9.96. The lowest BCUT2D eigenvalue weighted by atomic mass is 9.99. The molecule has 16 heavy (non-hydrogen) atoms. The summed E-state index contributed by atoms with van der Waals surface area (Å²) in [6.45, 7) is 5.30. The maximum absolute atomic E-state index is 6.09. The molecule has 1 aromatic carbocycles. The highest BCUT2D eigenvalue weighted by molar-refractivity contribution is 6.30. The van der Waals surface area contributed by atoms with Crippen molar-refractivity contribution in [3.05, 3.63) is 34.3 Å². The first-order chi connectivity index (χ1) is 7.70. The molecule has 0 spiro atoms. The summed E-state index contributed by atoms with van der Waals surface area (Å²) in [7, 11) is 2.17. The van der Waals surface area contributed by atoms with Gasteiger partial charge in [-0.05, 0) is 49.8 Å². The fourth-order valence-corrected chi connectivity index (χ4v) is 2.55. The standard InChI is InChI=1S/C13H19ClN2/c1-3-15-13-6-7-16(2)9-10-4-5-11(14)8-12(10)13/h4-5,8,13,15H,3,6-7,9H2,1-2H3/t13-/m0/s1. The number of hydrogen-bond donors (Lipinski definition) is 1. The fraction of sp³-hybridized carbons (Fsp3) is 0.538. The van der Waals surface area contributed by atoms with Gasteiger partial charge in [-0.1, -0.05) is 24.6 Å². The van der Waals surface area contributed by atoms with Gasteiger partial charge in [0.15, 0.2) is 0 Å². The Hall–Kier alpha value is -0.570. The molecule has 2 nitrogen and oxygen atoms in total. The van der Waals surface area contributed by atoms with Crippen molar-refractivity contribution >= 4 is 11.6 Å². The lowest BCUT2D eigenvalue weighted by Gasteiger charge is -2.18. The molecular weight excluding hydrogens is 220 g/mol. The van der Waals surface area contributed by atoms with Gasteiger partial charge in [0, 0.05) is 17.6 Å². The van der Waals surface area contributed by atoms with Crippen molar-refractivity contribution in [2.75, 3.05) is 20.1 Å². The number of halogens is 1. The van der Waals surface area contributed by atoms with Crippen molar-refractivity contribution < 1.29 is 0 Å². The van der Waals surface area contributed by atoms with Crippen LogP contribution in [-0.2, 0) is 6.54 Å². The molecule has 1 N–H and O–H groups in total. The Kier molecular flexibility index (Phi) is 3.85. The second-order valence-electron chi connectivity index (χ2n) is 4.48. The SMILES string of the molecule is CCN[C@H]1CCN(C)Cc2ccc(Cl)cc21. The second kappa shape index (κ2) is 5.17. The summed E-state index contributed by atoms with van der Waals surface area (Å²) in [6.07, 6.45) is 1.15. The van der Waals surface area contributed by atoms with Crippen LogP contribution in [0.2, 0.25) is 5.02 Å². The highest BCUT2D eigenvalue weighted by atomic mass is 35.5. The number of rotatable bonds is 2. The maximum atomic E-state index is 6.09. The summed E-state index contributed by atoms with van der Waals surface area (Å²) in [5.41, 5.74) is 2.77. The Labute approximate surface area is 103 Å². The molecule has 1 aliphatic heterocycles. The number of benzene rings is 1. The van der Waals surface area contributed by atoms with Crippen molar-refractivity contribution in [1.82, 2.24) is 10.2 Å². The smallest absolute Gasteiger partial charge is 0.0409 e. The molecule has 0 amide bonds. The first kappa shape index (κ1) is 11.9. The summed E-state index contributed by atoms with van der Waals surface area (Å²) in [6, 6.07) is 6.71. The Morgan fingerprint density at radius 3 is 3.06 bits per heavy atom. The lowest BCUT2D eigenvalue weighted by Crippen LogP contribution is -2.23. The van der Waals surface area contributed by atoms with E-state index in [9.17, 15) is 0 Å². The van der Waals surface area contributed by atoms with E-state index in [2.05, 4.69) is 36.3 Å². The van der Waals surface area contributed by atoms with Gasteiger partial charge in [0.05, 0.1) is 0 Å². The van der Waals surface area contributed by atoms with Crippen LogP contribution in [0, 0.1) is 0 Å². The van der Waals surface area contributed by atoms with Crippen molar-refractivity contribution in [1.29, 1.82) is 0 Å². The van der Waals surface area contributed by atoms with Crippen LogP contribution in [0.5, 0.6) is 0 Å². The van der Waals surface area contributed by atoms with Crippen LogP contribution in [0.1, 0.15) is 30.5 Å². The van der Waals surface area contributed by atoms with Gasteiger partial charge in [0.1, 0.15) is 0 Å². The number of nitrogens with zero attached hydrogens (tertiary/aromatic N) is 1. The largest absolute Gasteiger partial charge is 0.310 e. The molecular formula is C13H19ClN2. The quantitative estimate of drug-likeness (QED) is 0.853. The number of nitrogens with one attached hydrogen (secondary N) is 1. The van der Waals surface area contributed by atoms with Gasteiger partial charge < -0.3 is 10.2 Å². The molecule has 1 atom stereocenters. The molecule has 0 saturated heterocycles. The second-order valence-corrected chi connectivity index (χ2v) is 4.92. The predicted octanol–water partition coefficient (Wildman–Crippen LogP) is 2.83. The van der Waals surface area contributed by atoms with Gasteiger partial charge in [-0.25, -0.2) is 0 Å². The highest BCUT2D eigenvalue weighted by Crippen LogP contribution is 2.28. The Morgan fingerprint density at radius 2 is 2.31 bits per heavy atom. The monoisotopic (exact) mass is 238 g/mol. The van der Waals surface area contributed by atoms with Gasteiger partial charge >= 0.3 is 0 Å². The van der Waals surface area contributed by atoms with E-state index < -0.39 is 0 Å². The van der Waals surface area contributed by atoms with E-state index in [-0.39, 0.29) is 0 Å². The summed E-state index contributed by atoms with van der Waals surface area (Å²) < 4.78 is 0. The van der Waals surface area contributed by atoms with E-state index in [0.29, 0.717) is 6.04 Å². The van der Waals surface area contributed by atoms with E-state index in [0.717, 1.165) is 31.1 Å². The van der Waals surface area contributed by atoms with Gasteiger partial charge in [0.2, 0.25) is 0 Å². The molecule has 0 saturated carbocycles. The fourth-order valence-electron chi connectivity index (χ4n) is 2.37. The normalized spacial score (nSPS) is 21.6. The molecule has 0 radical (unpaired) electrons. The number of hydrogen-bond acceptors (Lipinski definition) is 2. The van der Waals surface area contributed by atoms with Gasteiger partial charge in [0.25, 0.3) is 0 Å². The summed E-state index contributed by atoms with van der Waals surface area (Å²) >= 11 is 6.09. The molecule has 0 fully saturated rings. The Bertz CT molecular complexity index is 365. The minimum absolute atomic E-state index is 0.448. The molecule has 1 heterocycles. The lowest BCUT2D eigenvalue weighted by molar-refractivity contribution is 0.318. The Morgan fingerprint density at radius 1 is 1.50 bits per heavy atom. The maximum Gasteiger partial charge on any atom is 0.0409 e. The Balaban J connectivity index is 2.35. The van der Waals surface area contributed by atoms with Crippen LogP contribution in [0.25, 0.3) is 0 Å². The minimum atomic E-state index is 0.448.